The van der Waals surface area contributed by atoms with Crippen LogP contribution in [0.3, 0.4) is 0 Å². The number of likely N-dealkylation sites (tertiary alicyclic amines) is 1. The molecule has 2 rings (SSSR count). The Balaban J connectivity index is 2.13. The van der Waals surface area contributed by atoms with E-state index in [0.29, 0.717) is 24.6 Å². The maximum Gasteiger partial charge on any atom is 0.327 e. The maximum atomic E-state index is 12.4. The minimum absolute atomic E-state index is 0.345. The highest BCUT2D eigenvalue weighted by Crippen LogP contribution is 2.25. The smallest absolute Gasteiger partial charge is 0.327 e. The molecule has 3 amide bonds. The van der Waals surface area contributed by atoms with Crippen LogP contribution in [0.1, 0.15) is 19.3 Å². The van der Waals surface area contributed by atoms with Gasteiger partial charge in [-0.2, -0.15) is 0 Å². The van der Waals surface area contributed by atoms with Gasteiger partial charge in [-0.25, -0.2) is 9.59 Å². The topological polar surface area (TPSA) is 104 Å². The molecule has 0 aromatic rings. The number of thioether (sulfide) groups is 1. The van der Waals surface area contributed by atoms with Crippen LogP contribution in [0.25, 0.3) is 0 Å². The van der Waals surface area contributed by atoms with Crippen LogP contribution in [-0.2, 0) is 9.59 Å². The van der Waals surface area contributed by atoms with Gasteiger partial charge in [0.05, 0.1) is 5.88 Å². The number of nitrogens with zero attached hydrogens (tertiary/aromatic N) is 2. The van der Waals surface area contributed by atoms with Gasteiger partial charge in [0.25, 0.3) is 0 Å². The number of primary amides is 1. The van der Waals surface area contributed by atoms with Crippen molar-refractivity contribution in [1.82, 2.24) is 9.80 Å². The van der Waals surface area contributed by atoms with E-state index in [1.807, 2.05) is 0 Å². The third kappa shape index (κ3) is 2.78. The van der Waals surface area contributed by atoms with Crippen molar-refractivity contribution in [3.05, 3.63) is 0 Å². The molecule has 7 nitrogen and oxygen atoms in total. The van der Waals surface area contributed by atoms with Gasteiger partial charge in [-0.05, 0) is 19.3 Å². The van der Waals surface area contributed by atoms with Gasteiger partial charge in [-0.3, -0.25) is 4.79 Å². The molecule has 3 N–H and O–H groups in total. The fourth-order valence-electron chi connectivity index (χ4n) is 2.46. The number of hydrogen-bond acceptors (Lipinski definition) is 4. The zero-order chi connectivity index (χ0) is 14.0. The van der Waals surface area contributed by atoms with Crippen molar-refractivity contribution in [1.29, 1.82) is 0 Å². The number of rotatable bonds is 2. The predicted molar refractivity (Wildman–Crippen MR) is 69.5 cm³/mol. The van der Waals surface area contributed by atoms with Crippen molar-refractivity contribution in [3.63, 3.8) is 0 Å². The number of urea groups is 1. The van der Waals surface area contributed by atoms with Crippen molar-refractivity contribution in [2.24, 2.45) is 5.73 Å². The number of nitrogens with two attached hydrogens (primary N) is 1. The first-order chi connectivity index (χ1) is 9.02. The van der Waals surface area contributed by atoms with Gasteiger partial charge in [0.1, 0.15) is 12.1 Å². The summed E-state index contributed by atoms with van der Waals surface area (Å²) in [7, 11) is 0. The second-order valence-electron chi connectivity index (χ2n) is 4.71. The first-order valence-electron chi connectivity index (χ1n) is 6.19. The van der Waals surface area contributed by atoms with Crippen LogP contribution in [0.2, 0.25) is 0 Å². The molecule has 0 bridgehead atoms. The molecule has 8 heteroatoms. The summed E-state index contributed by atoms with van der Waals surface area (Å²) in [6.45, 7) is 0.458. The Morgan fingerprint density at radius 1 is 1.16 bits per heavy atom. The molecule has 2 aliphatic heterocycles. The molecule has 2 aliphatic rings. The van der Waals surface area contributed by atoms with Gasteiger partial charge in [0.15, 0.2) is 0 Å². The highest BCUT2D eigenvalue weighted by molar-refractivity contribution is 7.99. The standard InChI is InChI=1S/C11H17N3O4S/c12-9(15)7-3-1-2-4-13(7)11(18)14-6-19-5-8(14)10(16)17/h7-8H,1-6H2,(H2,12,15)(H,16,17). The SMILES string of the molecule is NC(=O)C1CCCCN1C(=O)N1CSCC1C(=O)O. The molecular formula is C11H17N3O4S. The van der Waals surface area contributed by atoms with E-state index < -0.39 is 24.0 Å². The minimum Gasteiger partial charge on any atom is -0.480 e. The van der Waals surface area contributed by atoms with Crippen LogP contribution in [0.15, 0.2) is 0 Å². The van der Waals surface area contributed by atoms with Crippen LogP contribution < -0.4 is 5.73 Å². The summed E-state index contributed by atoms with van der Waals surface area (Å²) >= 11 is 1.40. The molecule has 2 heterocycles. The molecule has 0 radical (unpaired) electrons. The Morgan fingerprint density at radius 2 is 1.89 bits per heavy atom. The average molecular weight is 287 g/mol. The van der Waals surface area contributed by atoms with E-state index >= 15 is 0 Å². The highest BCUT2D eigenvalue weighted by atomic mass is 32.2. The highest BCUT2D eigenvalue weighted by Gasteiger charge is 2.40. The summed E-state index contributed by atoms with van der Waals surface area (Å²) in [4.78, 5) is 37.6. The van der Waals surface area contributed by atoms with Gasteiger partial charge >= 0.3 is 12.0 Å². The molecule has 19 heavy (non-hydrogen) atoms. The number of carbonyl (C=O) groups excluding carboxylic acids is 2. The second-order valence-corrected chi connectivity index (χ2v) is 5.71. The van der Waals surface area contributed by atoms with E-state index in [4.69, 9.17) is 10.8 Å². The molecule has 0 spiro atoms. The summed E-state index contributed by atoms with van der Waals surface area (Å²) in [5, 5.41) is 9.09. The maximum absolute atomic E-state index is 12.4. The zero-order valence-corrected chi connectivity index (χ0v) is 11.3. The molecule has 0 aliphatic carbocycles. The molecule has 0 aromatic carbocycles. The lowest BCUT2D eigenvalue weighted by Gasteiger charge is -2.37. The molecular weight excluding hydrogens is 270 g/mol. The molecule has 2 unspecified atom stereocenters. The third-order valence-corrected chi connectivity index (χ3v) is 4.50. The number of carboxylic acids is 1. The molecule has 2 fully saturated rings. The van der Waals surface area contributed by atoms with E-state index in [9.17, 15) is 14.4 Å². The lowest BCUT2D eigenvalue weighted by molar-refractivity contribution is -0.141. The quantitative estimate of drug-likeness (QED) is 0.738. The van der Waals surface area contributed by atoms with Gasteiger partial charge in [-0.1, -0.05) is 0 Å². The Kier molecular flexibility index (Phi) is 4.18. The molecule has 0 saturated carbocycles. The van der Waals surface area contributed by atoms with Crippen LogP contribution in [-0.4, -0.2) is 63.1 Å². The fourth-order valence-corrected chi connectivity index (χ4v) is 3.60. The largest absolute Gasteiger partial charge is 0.480 e. The molecule has 2 atom stereocenters. The summed E-state index contributed by atoms with van der Waals surface area (Å²) in [5.74, 6) is -0.800. The Labute approximate surface area is 115 Å². The van der Waals surface area contributed by atoms with Crippen molar-refractivity contribution in [2.75, 3.05) is 18.2 Å². The monoisotopic (exact) mass is 287 g/mol. The van der Waals surface area contributed by atoms with Gasteiger partial charge in [0, 0.05) is 12.3 Å². The second kappa shape index (κ2) is 5.68. The minimum atomic E-state index is -1.01. The lowest BCUT2D eigenvalue weighted by Crippen LogP contribution is -2.56. The lowest BCUT2D eigenvalue weighted by atomic mass is 10.0. The number of carboxylic acid groups (broad SMARTS) is 1. The number of piperidine rings is 1. The van der Waals surface area contributed by atoms with Crippen LogP contribution in [0, 0.1) is 0 Å². The molecule has 106 valence electrons. The number of hydrogen-bond donors (Lipinski definition) is 2. The van der Waals surface area contributed by atoms with Gasteiger partial charge in [-0.15, -0.1) is 11.8 Å². The Bertz CT molecular complexity index is 403. The van der Waals surface area contributed by atoms with E-state index in [1.165, 1.54) is 21.6 Å². The first-order valence-corrected chi connectivity index (χ1v) is 7.35. The van der Waals surface area contributed by atoms with Gasteiger partial charge in [0.2, 0.25) is 5.91 Å². The van der Waals surface area contributed by atoms with Crippen molar-refractivity contribution in [3.8, 4) is 0 Å². The van der Waals surface area contributed by atoms with E-state index in [1.54, 1.807) is 0 Å². The Hall–Kier alpha value is -1.44. The Morgan fingerprint density at radius 3 is 2.53 bits per heavy atom. The summed E-state index contributed by atoms with van der Waals surface area (Å²) in [5.41, 5.74) is 5.32. The molecule has 2 saturated heterocycles. The fraction of sp³-hybridized carbons (Fsp3) is 0.727. The van der Waals surface area contributed by atoms with E-state index in [-0.39, 0.29) is 6.03 Å². The average Bonchev–Trinajstić information content (AvgIpc) is 2.87. The normalized spacial score (nSPS) is 27.4. The van der Waals surface area contributed by atoms with Crippen LogP contribution in [0.4, 0.5) is 4.79 Å². The number of amides is 3. The number of carbonyl (C=O) groups is 3. The van der Waals surface area contributed by atoms with E-state index in [0.717, 1.165) is 12.8 Å². The first kappa shape index (κ1) is 14.0. The van der Waals surface area contributed by atoms with Gasteiger partial charge < -0.3 is 20.6 Å². The van der Waals surface area contributed by atoms with E-state index in [2.05, 4.69) is 0 Å². The molecule has 0 aromatic heterocycles. The van der Waals surface area contributed by atoms with Crippen LogP contribution in [0.5, 0.6) is 0 Å². The third-order valence-electron chi connectivity index (χ3n) is 3.49. The zero-order valence-electron chi connectivity index (χ0n) is 10.4. The van der Waals surface area contributed by atoms with Crippen LogP contribution >= 0.6 is 11.8 Å². The summed E-state index contributed by atoms with van der Waals surface area (Å²) < 4.78 is 0. The summed E-state index contributed by atoms with van der Waals surface area (Å²) in [6, 6.07) is -1.81. The van der Waals surface area contributed by atoms with Crippen molar-refractivity contribution >= 4 is 29.7 Å². The predicted octanol–water partition coefficient (Wildman–Crippen LogP) is -0.0943. The number of aliphatic carboxylic acids is 1. The summed E-state index contributed by atoms with van der Waals surface area (Å²) in [6.07, 6.45) is 2.22. The van der Waals surface area contributed by atoms with Crippen molar-refractivity contribution in [2.45, 2.75) is 31.3 Å². The van der Waals surface area contributed by atoms with Crippen molar-refractivity contribution < 1.29 is 19.5 Å².